The second kappa shape index (κ2) is 80.5. The summed E-state index contributed by atoms with van der Waals surface area (Å²) in [5, 5.41) is 27.6. The zero-order valence-corrected chi connectivity index (χ0v) is 37.7. The van der Waals surface area contributed by atoms with Crippen molar-refractivity contribution in [2.24, 2.45) is 18.9 Å². The van der Waals surface area contributed by atoms with Crippen LogP contribution in [0, 0.1) is 11.8 Å². The Labute approximate surface area is 384 Å². The fourth-order valence-electron chi connectivity index (χ4n) is 3.09. The second-order valence-corrected chi connectivity index (χ2v) is 13.1. The number of methoxy groups -OCH3 is 1. The molecule has 0 fully saturated rings. The Hall–Kier alpha value is -3.45. The molecule has 2 amide bonds. The van der Waals surface area contributed by atoms with Gasteiger partial charge in [-0.2, -0.15) is 0 Å². The second-order valence-electron chi connectivity index (χ2n) is 13.1. The van der Waals surface area contributed by atoms with Crippen molar-refractivity contribution in [3.05, 3.63) is 24.3 Å². The lowest BCUT2D eigenvalue weighted by Gasteiger charge is -2.02. The summed E-state index contributed by atoms with van der Waals surface area (Å²) < 4.78 is 6.04. The minimum atomic E-state index is -0.102. The summed E-state index contributed by atoms with van der Waals surface area (Å²) in [5.74, 6) is 2.57. The lowest BCUT2D eigenvalue weighted by atomic mass is 10.2. The van der Waals surface area contributed by atoms with Crippen molar-refractivity contribution in [1.29, 1.82) is 0 Å². The van der Waals surface area contributed by atoms with E-state index in [2.05, 4.69) is 95.1 Å². The fraction of sp³-hybridized carbons (Fsp3) is 0.812. The average molecular weight is 889 g/mol. The van der Waals surface area contributed by atoms with Crippen molar-refractivity contribution in [1.82, 2.24) is 30.8 Å². The number of ether oxygens (including phenoxy) is 1. The van der Waals surface area contributed by atoms with Crippen molar-refractivity contribution < 1.29 is 29.0 Å². The summed E-state index contributed by atoms with van der Waals surface area (Å²) in [7, 11) is 3.29. The molecule has 1 rings (SSSR count). The lowest BCUT2D eigenvalue weighted by Crippen LogP contribution is -2.27. The molecule has 0 radical (unpaired) electrons. The van der Waals surface area contributed by atoms with Crippen LogP contribution in [-0.4, -0.2) is 87.1 Å². The molecule has 61 heavy (non-hydrogen) atoms. The SMILES string of the molecule is C.C.C.C.C.C.C.C.CC(=O)NC(C)C.CC(=O)NC(C)C.CC=CC(C)C.CC=CC(C)C.CCCC(C)=O.CCCC(C)O.CCNc1nnnn1C.COCC(C)=O. The number of hydrogen-bond acceptors (Lipinski definition) is 10. The van der Waals surface area contributed by atoms with Gasteiger partial charge in [0.05, 0.1) is 6.10 Å². The van der Waals surface area contributed by atoms with Crippen LogP contribution in [0.1, 0.15) is 210 Å². The third kappa shape index (κ3) is 159. The first-order chi connectivity index (χ1) is 24.4. The maximum absolute atomic E-state index is 10.1. The number of tetrazole rings is 1. The summed E-state index contributed by atoms with van der Waals surface area (Å²) in [6.45, 7) is 35.6. The zero-order chi connectivity index (χ0) is 43.4. The fourth-order valence-corrected chi connectivity index (χ4v) is 3.09. The minimum Gasteiger partial charge on any atom is -0.393 e. The first-order valence-electron chi connectivity index (χ1n) is 18.9. The number of allylic oxidation sites excluding steroid dienone is 4. The molecular formula is C48H117N7O6. The molecule has 1 heterocycles. The lowest BCUT2D eigenvalue weighted by molar-refractivity contribution is -0.121. The largest absolute Gasteiger partial charge is 0.393 e. The Morgan fingerprint density at radius 2 is 1.03 bits per heavy atom. The number of aliphatic hydroxyl groups is 1. The van der Waals surface area contributed by atoms with E-state index in [1.165, 1.54) is 27.9 Å². The number of aliphatic hydroxyl groups excluding tert-OH is 1. The van der Waals surface area contributed by atoms with Crippen molar-refractivity contribution in [3.8, 4) is 0 Å². The molecule has 0 aliphatic rings. The number of aromatic nitrogens is 4. The van der Waals surface area contributed by atoms with Gasteiger partial charge in [-0.3, -0.25) is 14.4 Å². The predicted molar refractivity (Wildman–Crippen MR) is 279 cm³/mol. The minimum absolute atomic E-state index is 0. The number of nitrogens with zero attached hydrogens (tertiary/aromatic N) is 4. The number of hydrogen-bond donors (Lipinski definition) is 4. The number of carbonyl (C=O) groups is 4. The Bertz CT molecular complexity index is 941. The molecule has 0 saturated carbocycles. The van der Waals surface area contributed by atoms with Crippen molar-refractivity contribution in [3.63, 3.8) is 0 Å². The van der Waals surface area contributed by atoms with Gasteiger partial charge < -0.3 is 30.6 Å². The molecule has 1 unspecified atom stereocenters. The maximum atomic E-state index is 10.1. The van der Waals surface area contributed by atoms with Crippen LogP contribution in [0.15, 0.2) is 24.3 Å². The van der Waals surface area contributed by atoms with Crippen LogP contribution in [0.25, 0.3) is 0 Å². The molecule has 0 bridgehead atoms. The van der Waals surface area contributed by atoms with Crippen LogP contribution < -0.4 is 16.0 Å². The van der Waals surface area contributed by atoms with E-state index in [0.717, 1.165) is 44.1 Å². The number of aryl methyl sites for hydroxylation is 1. The van der Waals surface area contributed by atoms with Crippen LogP contribution in [0.5, 0.6) is 0 Å². The summed E-state index contributed by atoms with van der Waals surface area (Å²) in [5.41, 5.74) is 0. The number of anilines is 1. The topological polar surface area (TPSA) is 177 Å². The van der Waals surface area contributed by atoms with Gasteiger partial charge in [0.15, 0.2) is 5.78 Å². The highest BCUT2D eigenvalue weighted by Gasteiger charge is 1.96. The van der Waals surface area contributed by atoms with E-state index in [4.69, 9.17) is 5.11 Å². The van der Waals surface area contributed by atoms with E-state index in [1.807, 2.05) is 62.3 Å². The first-order valence-corrected chi connectivity index (χ1v) is 18.9. The van der Waals surface area contributed by atoms with E-state index >= 15 is 0 Å². The molecule has 1 aromatic rings. The van der Waals surface area contributed by atoms with E-state index < -0.39 is 0 Å². The molecule has 13 heteroatoms. The molecule has 380 valence electrons. The summed E-state index contributed by atoms with van der Waals surface area (Å²) >= 11 is 0. The first kappa shape index (κ1) is 102. The number of Topliss-reactive ketones (excluding diaryl/α,β-unsaturated/α-hetero) is 2. The highest BCUT2D eigenvalue weighted by molar-refractivity contribution is 5.76. The van der Waals surface area contributed by atoms with E-state index in [1.54, 1.807) is 18.7 Å². The third-order valence-electron chi connectivity index (χ3n) is 4.75. The standard InChI is InChI=1S/2C6H12.2C5H11NO.C5H12O.C5H10O.C4H9N5.C4H8O2.8CH4/c2*1-4-5-6(2)3;2*1-4(2)6-5(3)7;2*1-3-4-5(2)6;1-3-5-4-6-7-8-9(4)2;1-4(5)3-6-2;;;;;;;;/h2*4-6H,1-3H3;2*4H,1-3H3,(H,6,7);5-6H,3-4H2,1-2H3;3-4H2,1-2H3;3H2,1-2H3,(H,5,6,8);3H2,1-2H3;8*1H4. The van der Waals surface area contributed by atoms with Crippen LogP contribution in [0.3, 0.4) is 0 Å². The molecule has 13 nitrogen and oxygen atoms in total. The molecule has 0 spiro atoms. The van der Waals surface area contributed by atoms with Gasteiger partial charge in [-0.15, -0.1) is 0 Å². The quantitative estimate of drug-likeness (QED) is 0.148. The molecule has 0 saturated heterocycles. The average Bonchev–Trinajstić information content (AvgIpc) is 3.38. The highest BCUT2D eigenvalue weighted by atomic mass is 16.5. The molecule has 0 aliphatic carbocycles. The number of rotatable bonds is 12. The third-order valence-corrected chi connectivity index (χ3v) is 4.75. The van der Waals surface area contributed by atoms with E-state index in [-0.39, 0.29) is 108 Å². The van der Waals surface area contributed by atoms with Crippen molar-refractivity contribution in [2.75, 3.05) is 25.6 Å². The smallest absolute Gasteiger partial charge is 0.242 e. The Morgan fingerprint density at radius 3 is 1.10 bits per heavy atom. The van der Waals surface area contributed by atoms with Gasteiger partial charge in [0.25, 0.3) is 0 Å². The summed E-state index contributed by atoms with van der Waals surface area (Å²) in [6.07, 6.45) is 12.1. The molecule has 4 N–H and O–H groups in total. The van der Waals surface area contributed by atoms with E-state index in [0.29, 0.717) is 5.95 Å². The van der Waals surface area contributed by atoms with Crippen LogP contribution in [-0.2, 0) is 31.0 Å². The Balaban J connectivity index is -0.0000000301. The molecular weight excluding hydrogens is 771 g/mol. The number of carbonyl (C=O) groups excluding carboxylic acids is 4. The number of ketones is 2. The van der Waals surface area contributed by atoms with E-state index in [9.17, 15) is 19.2 Å². The van der Waals surface area contributed by atoms with Crippen LogP contribution >= 0.6 is 0 Å². The van der Waals surface area contributed by atoms with Gasteiger partial charge in [-0.1, -0.05) is 137 Å². The predicted octanol–water partition coefficient (Wildman–Crippen LogP) is 13.0. The maximum Gasteiger partial charge on any atom is 0.242 e. The van der Waals surface area contributed by atoms with Gasteiger partial charge >= 0.3 is 0 Å². The van der Waals surface area contributed by atoms with Crippen molar-refractivity contribution in [2.45, 2.75) is 228 Å². The summed E-state index contributed by atoms with van der Waals surface area (Å²) in [4.78, 5) is 40.2. The summed E-state index contributed by atoms with van der Waals surface area (Å²) in [6, 6.07) is 0.551. The Morgan fingerprint density at radius 1 is 0.672 bits per heavy atom. The zero-order valence-electron chi connectivity index (χ0n) is 37.7. The van der Waals surface area contributed by atoms with Gasteiger partial charge in [-0.05, 0) is 104 Å². The Kier molecular flexibility index (Phi) is 134. The van der Waals surface area contributed by atoms with Crippen LogP contribution in [0.2, 0.25) is 0 Å². The monoisotopic (exact) mass is 888 g/mol. The van der Waals surface area contributed by atoms with Crippen LogP contribution in [0.4, 0.5) is 5.95 Å². The number of amides is 2. The molecule has 0 aromatic carbocycles. The number of nitrogens with one attached hydrogen (secondary N) is 3. The normalized spacial score (nSPS) is 8.80. The van der Waals surface area contributed by atoms with Crippen molar-refractivity contribution >= 4 is 29.3 Å². The molecule has 0 aliphatic heterocycles. The van der Waals surface area contributed by atoms with Gasteiger partial charge in [-0.25, -0.2) is 4.68 Å². The van der Waals surface area contributed by atoms with Gasteiger partial charge in [0.2, 0.25) is 17.8 Å². The molecule has 1 aromatic heterocycles. The van der Waals surface area contributed by atoms with Gasteiger partial charge in [0, 0.05) is 53.1 Å². The highest BCUT2D eigenvalue weighted by Crippen LogP contribution is 1.93. The van der Waals surface area contributed by atoms with Gasteiger partial charge in [0.1, 0.15) is 12.4 Å². The molecule has 1 atom stereocenters.